The average Bonchev–Trinajstić information content (AvgIpc) is 2.28. The van der Waals surface area contributed by atoms with Gasteiger partial charge < -0.3 is 14.6 Å². The zero-order chi connectivity index (χ0) is 13.8. The Morgan fingerprint density at radius 1 is 1.44 bits per heavy atom. The summed E-state index contributed by atoms with van der Waals surface area (Å²) in [4.78, 5) is 11.9. The van der Waals surface area contributed by atoms with Crippen molar-refractivity contribution in [3.05, 3.63) is 0 Å². The first kappa shape index (κ1) is 15.4. The lowest BCUT2D eigenvalue weighted by Gasteiger charge is -2.38. The van der Waals surface area contributed by atoms with Crippen LogP contribution in [0.3, 0.4) is 0 Å². The van der Waals surface area contributed by atoms with Crippen molar-refractivity contribution in [1.82, 2.24) is 5.32 Å². The fourth-order valence-electron chi connectivity index (χ4n) is 2.02. The first-order chi connectivity index (χ1) is 8.28. The van der Waals surface area contributed by atoms with Crippen LogP contribution < -0.4 is 5.32 Å². The van der Waals surface area contributed by atoms with Crippen LogP contribution in [0.1, 0.15) is 40.5 Å². The number of nitrogens with one attached hydrogen (secondary N) is 1. The molecular formula is C13H25NO4. The molecule has 1 unspecified atom stereocenters. The molecule has 2 N–H and O–H groups in total. The molecule has 0 aliphatic carbocycles. The first-order valence-corrected chi connectivity index (χ1v) is 6.47. The quantitative estimate of drug-likeness (QED) is 0.733. The van der Waals surface area contributed by atoms with E-state index in [1.807, 2.05) is 20.8 Å². The maximum absolute atomic E-state index is 11.9. The molecular weight excluding hydrogens is 234 g/mol. The Balaban J connectivity index is 2.56. The highest BCUT2D eigenvalue weighted by Crippen LogP contribution is 2.21. The highest BCUT2D eigenvalue weighted by molar-refractivity contribution is 5.75. The predicted octanol–water partition coefficient (Wildman–Crippen LogP) is 0.848. The standard InChI is InChI=1S/C13H25NO4/c1-10(11(16)18-12(2,3)4)14-13(9-15)5-7-17-8-6-13/h10,14-15H,5-9H2,1-4H3. The maximum Gasteiger partial charge on any atom is 0.323 e. The minimum Gasteiger partial charge on any atom is -0.459 e. The predicted molar refractivity (Wildman–Crippen MR) is 68.3 cm³/mol. The van der Waals surface area contributed by atoms with Crippen molar-refractivity contribution in [2.45, 2.75) is 57.7 Å². The number of rotatable bonds is 4. The summed E-state index contributed by atoms with van der Waals surface area (Å²) in [6.07, 6.45) is 1.41. The van der Waals surface area contributed by atoms with Gasteiger partial charge in [0.05, 0.1) is 6.61 Å². The molecule has 0 aromatic rings. The van der Waals surface area contributed by atoms with Gasteiger partial charge in [-0.2, -0.15) is 0 Å². The summed E-state index contributed by atoms with van der Waals surface area (Å²) >= 11 is 0. The van der Waals surface area contributed by atoms with Crippen LogP contribution in [-0.4, -0.2) is 48.1 Å². The third kappa shape index (κ3) is 4.55. The summed E-state index contributed by atoms with van der Waals surface area (Å²) in [5, 5.41) is 12.7. The van der Waals surface area contributed by atoms with E-state index < -0.39 is 17.2 Å². The van der Waals surface area contributed by atoms with E-state index in [4.69, 9.17) is 9.47 Å². The van der Waals surface area contributed by atoms with Gasteiger partial charge >= 0.3 is 5.97 Å². The van der Waals surface area contributed by atoms with Gasteiger partial charge in [-0.1, -0.05) is 0 Å². The Hall–Kier alpha value is -0.650. The van der Waals surface area contributed by atoms with Gasteiger partial charge in [0.1, 0.15) is 11.6 Å². The van der Waals surface area contributed by atoms with Crippen LogP contribution >= 0.6 is 0 Å². The fraction of sp³-hybridized carbons (Fsp3) is 0.923. The normalized spacial score (nSPS) is 21.4. The maximum atomic E-state index is 11.9. The monoisotopic (exact) mass is 259 g/mol. The second-order valence-corrected chi connectivity index (χ2v) is 5.95. The fourth-order valence-corrected chi connectivity index (χ4v) is 2.02. The summed E-state index contributed by atoms with van der Waals surface area (Å²) in [5.74, 6) is -0.290. The van der Waals surface area contributed by atoms with Crippen molar-refractivity contribution in [3.8, 4) is 0 Å². The molecule has 1 atom stereocenters. The molecule has 0 saturated carbocycles. The van der Waals surface area contributed by atoms with Crippen molar-refractivity contribution in [3.63, 3.8) is 0 Å². The van der Waals surface area contributed by atoms with Crippen LogP contribution in [0.5, 0.6) is 0 Å². The summed E-state index contributed by atoms with van der Waals surface area (Å²) in [6.45, 7) is 8.50. The second-order valence-electron chi connectivity index (χ2n) is 5.95. The summed E-state index contributed by atoms with van der Waals surface area (Å²) in [5.41, 5.74) is -0.913. The lowest BCUT2D eigenvalue weighted by Crippen LogP contribution is -2.57. The van der Waals surface area contributed by atoms with E-state index in [-0.39, 0.29) is 12.6 Å². The molecule has 0 aromatic carbocycles. The smallest absolute Gasteiger partial charge is 0.323 e. The summed E-state index contributed by atoms with van der Waals surface area (Å²) < 4.78 is 10.6. The van der Waals surface area contributed by atoms with E-state index in [2.05, 4.69) is 5.32 Å². The summed E-state index contributed by atoms with van der Waals surface area (Å²) in [6, 6.07) is -0.436. The van der Waals surface area contributed by atoms with E-state index in [1.54, 1.807) is 6.92 Å². The van der Waals surface area contributed by atoms with Crippen molar-refractivity contribution in [2.24, 2.45) is 0 Å². The van der Waals surface area contributed by atoms with Crippen LogP contribution in [0.15, 0.2) is 0 Å². The van der Waals surface area contributed by atoms with Gasteiger partial charge in [-0.15, -0.1) is 0 Å². The van der Waals surface area contributed by atoms with Crippen molar-refractivity contribution in [2.75, 3.05) is 19.8 Å². The highest BCUT2D eigenvalue weighted by Gasteiger charge is 2.35. The Morgan fingerprint density at radius 2 is 2.00 bits per heavy atom. The van der Waals surface area contributed by atoms with Crippen LogP contribution in [0.25, 0.3) is 0 Å². The third-order valence-electron chi connectivity index (χ3n) is 3.04. The lowest BCUT2D eigenvalue weighted by molar-refractivity contribution is -0.158. The molecule has 5 heteroatoms. The molecule has 0 amide bonds. The van der Waals surface area contributed by atoms with E-state index in [1.165, 1.54) is 0 Å². The largest absolute Gasteiger partial charge is 0.459 e. The number of aliphatic hydroxyl groups excluding tert-OH is 1. The van der Waals surface area contributed by atoms with E-state index in [0.29, 0.717) is 26.1 Å². The minimum atomic E-state index is -0.491. The molecule has 1 fully saturated rings. The van der Waals surface area contributed by atoms with E-state index >= 15 is 0 Å². The Kier molecular flexibility index (Phi) is 5.13. The molecule has 1 saturated heterocycles. The van der Waals surface area contributed by atoms with E-state index in [9.17, 15) is 9.90 Å². The molecule has 1 aliphatic heterocycles. The van der Waals surface area contributed by atoms with Gasteiger partial charge in [0.15, 0.2) is 0 Å². The number of hydrogen-bond donors (Lipinski definition) is 2. The molecule has 0 bridgehead atoms. The van der Waals surface area contributed by atoms with Crippen molar-refractivity contribution >= 4 is 5.97 Å². The van der Waals surface area contributed by atoms with Gasteiger partial charge in [0.2, 0.25) is 0 Å². The summed E-state index contributed by atoms with van der Waals surface area (Å²) in [7, 11) is 0. The van der Waals surface area contributed by atoms with Crippen LogP contribution in [0, 0.1) is 0 Å². The van der Waals surface area contributed by atoms with Gasteiger partial charge in [-0.25, -0.2) is 0 Å². The molecule has 0 spiro atoms. The second kappa shape index (κ2) is 5.99. The number of esters is 1. The van der Waals surface area contributed by atoms with Gasteiger partial charge in [-0.3, -0.25) is 10.1 Å². The Bertz CT molecular complexity index is 279. The Labute approximate surface area is 109 Å². The molecule has 1 aliphatic rings. The zero-order valence-corrected chi connectivity index (χ0v) is 11.8. The molecule has 0 radical (unpaired) electrons. The van der Waals surface area contributed by atoms with Crippen LogP contribution in [0.4, 0.5) is 0 Å². The number of carbonyl (C=O) groups is 1. The van der Waals surface area contributed by atoms with Gasteiger partial charge in [0.25, 0.3) is 0 Å². The Morgan fingerprint density at radius 3 is 2.44 bits per heavy atom. The van der Waals surface area contributed by atoms with Crippen LogP contribution in [0.2, 0.25) is 0 Å². The molecule has 1 rings (SSSR count). The molecule has 106 valence electrons. The minimum absolute atomic E-state index is 0.00347. The SMILES string of the molecule is CC(NC1(CO)CCOCC1)C(=O)OC(C)(C)C. The first-order valence-electron chi connectivity index (χ1n) is 6.47. The molecule has 0 aromatic heterocycles. The topological polar surface area (TPSA) is 67.8 Å². The number of aliphatic hydroxyl groups is 1. The average molecular weight is 259 g/mol. The zero-order valence-electron chi connectivity index (χ0n) is 11.8. The van der Waals surface area contributed by atoms with Gasteiger partial charge in [-0.05, 0) is 40.5 Å². The number of carbonyl (C=O) groups excluding carboxylic acids is 1. The molecule has 5 nitrogen and oxygen atoms in total. The molecule has 18 heavy (non-hydrogen) atoms. The van der Waals surface area contributed by atoms with Crippen molar-refractivity contribution in [1.29, 1.82) is 0 Å². The third-order valence-corrected chi connectivity index (χ3v) is 3.04. The van der Waals surface area contributed by atoms with Gasteiger partial charge in [0, 0.05) is 18.8 Å². The lowest BCUT2D eigenvalue weighted by atomic mass is 9.90. The molecule has 1 heterocycles. The van der Waals surface area contributed by atoms with Crippen molar-refractivity contribution < 1.29 is 19.4 Å². The number of ether oxygens (including phenoxy) is 2. The highest BCUT2D eigenvalue weighted by atomic mass is 16.6. The van der Waals surface area contributed by atoms with E-state index in [0.717, 1.165) is 0 Å². The van der Waals surface area contributed by atoms with Crippen LogP contribution in [-0.2, 0) is 14.3 Å². The number of hydrogen-bond acceptors (Lipinski definition) is 5.